The lowest BCUT2D eigenvalue weighted by Gasteiger charge is -2.18. The highest BCUT2D eigenvalue weighted by molar-refractivity contribution is 5.90. The van der Waals surface area contributed by atoms with Crippen LogP contribution in [0.25, 0.3) is 0 Å². The van der Waals surface area contributed by atoms with Gasteiger partial charge in [0.2, 0.25) is 0 Å². The van der Waals surface area contributed by atoms with Crippen LogP contribution in [0.4, 0.5) is 0 Å². The van der Waals surface area contributed by atoms with E-state index < -0.39 is 11.9 Å². The summed E-state index contributed by atoms with van der Waals surface area (Å²) in [6, 6.07) is 8.36. The number of ether oxygens (including phenoxy) is 3. The summed E-state index contributed by atoms with van der Waals surface area (Å²) in [5.74, 6) is 0.343. The van der Waals surface area contributed by atoms with Crippen molar-refractivity contribution in [3.8, 4) is 11.5 Å². The number of nitrogens with zero attached hydrogens (tertiary/aromatic N) is 1. The number of aromatic nitrogens is 1. The Bertz CT molecular complexity index is 754. The number of aryl methyl sites for hydroxylation is 1. The molecule has 0 unspecified atom stereocenters. The van der Waals surface area contributed by atoms with E-state index in [9.17, 15) is 9.59 Å². The third kappa shape index (κ3) is 4.53. The van der Waals surface area contributed by atoms with E-state index in [-0.39, 0.29) is 12.6 Å². The van der Waals surface area contributed by atoms with Gasteiger partial charge in [0.05, 0.1) is 20.3 Å². The van der Waals surface area contributed by atoms with Gasteiger partial charge in [0.15, 0.2) is 6.61 Å². The van der Waals surface area contributed by atoms with E-state index in [1.807, 2.05) is 6.92 Å². The van der Waals surface area contributed by atoms with Crippen molar-refractivity contribution in [2.24, 2.45) is 7.05 Å². The van der Waals surface area contributed by atoms with Gasteiger partial charge >= 0.3 is 5.97 Å². The van der Waals surface area contributed by atoms with Crippen molar-refractivity contribution >= 4 is 11.9 Å². The highest BCUT2D eigenvalue weighted by Gasteiger charge is 2.17. The number of benzene rings is 1. The number of nitrogens with one attached hydrogen (secondary N) is 1. The second-order valence-corrected chi connectivity index (χ2v) is 5.48. The summed E-state index contributed by atoms with van der Waals surface area (Å²) < 4.78 is 17.2. The van der Waals surface area contributed by atoms with Gasteiger partial charge in [0, 0.05) is 18.8 Å². The van der Waals surface area contributed by atoms with Gasteiger partial charge in [0.25, 0.3) is 5.91 Å². The van der Waals surface area contributed by atoms with Gasteiger partial charge in [0.1, 0.15) is 17.2 Å². The lowest BCUT2D eigenvalue weighted by molar-refractivity contribution is -0.124. The number of hydrogen-bond donors (Lipinski definition) is 1. The van der Waals surface area contributed by atoms with Crippen molar-refractivity contribution in [2.75, 3.05) is 20.8 Å². The Morgan fingerprint density at radius 2 is 1.96 bits per heavy atom. The van der Waals surface area contributed by atoms with E-state index in [0.29, 0.717) is 17.2 Å². The van der Waals surface area contributed by atoms with Crippen LogP contribution in [0.15, 0.2) is 36.5 Å². The maximum Gasteiger partial charge on any atom is 0.355 e. The third-order valence-electron chi connectivity index (χ3n) is 3.77. The molecule has 0 fully saturated rings. The van der Waals surface area contributed by atoms with Crippen LogP contribution in [0.3, 0.4) is 0 Å². The molecule has 0 spiro atoms. The molecule has 0 saturated heterocycles. The minimum absolute atomic E-state index is 0.341. The molecule has 1 amide bonds. The first-order valence-electron chi connectivity index (χ1n) is 7.76. The van der Waals surface area contributed by atoms with Crippen molar-refractivity contribution in [1.29, 1.82) is 0 Å². The van der Waals surface area contributed by atoms with Gasteiger partial charge in [-0.1, -0.05) is 0 Å². The Balaban J connectivity index is 1.96. The van der Waals surface area contributed by atoms with Gasteiger partial charge in [-0.25, -0.2) is 4.79 Å². The van der Waals surface area contributed by atoms with Crippen molar-refractivity contribution in [1.82, 2.24) is 9.88 Å². The van der Waals surface area contributed by atoms with Crippen LogP contribution >= 0.6 is 0 Å². The Morgan fingerprint density at radius 3 is 2.56 bits per heavy atom. The fourth-order valence-corrected chi connectivity index (χ4v) is 2.42. The standard InChI is InChI=1S/C18H22N2O5/c1-12(14-10-13(23-3)7-8-16(14)24-4)19-17(21)11-25-18(22)15-6-5-9-20(15)2/h5-10,12H,11H2,1-4H3,(H,19,21)/t12-/m1/s1. The van der Waals surface area contributed by atoms with E-state index in [1.165, 1.54) is 0 Å². The molecule has 0 bridgehead atoms. The Morgan fingerprint density at radius 1 is 1.20 bits per heavy atom. The maximum atomic E-state index is 12.1. The minimum Gasteiger partial charge on any atom is -0.497 e. The van der Waals surface area contributed by atoms with E-state index in [4.69, 9.17) is 14.2 Å². The summed E-state index contributed by atoms with van der Waals surface area (Å²) in [5, 5.41) is 2.78. The second-order valence-electron chi connectivity index (χ2n) is 5.48. The zero-order valence-corrected chi connectivity index (χ0v) is 14.7. The molecular formula is C18H22N2O5. The number of methoxy groups -OCH3 is 2. The molecule has 134 valence electrons. The molecule has 0 aliphatic carbocycles. The fourth-order valence-electron chi connectivity index (χ4n) is 2.42. The summed E-state index contributed by atoms with van der Waals surface area (Å²) >= 11 is 0. The van der Waals surface area contributed by atoms with E-state index >= 15 is 0 Å². The third-order valence-corrected chi connectivity index (χ3v) is 3.77. The summed E-state index contributed by atoms with van der Waals surface area (Å²) in [7, 11) is 4.85. The predicted octanol–water partition coefficient (Wildman–Crippen LogP) is 2.08. The van der Waals surface area contributed by atoms with Gasteiger partial charge in [-0.3, -0.25) is 4.79 Å². The molecule has 0 aliphatic rings. The first-order chi connectivity index (χ1) is 12.0. The molecule has 0 saturated carbocycles. The quantitative estimate of drug-likeness (QED) is 0.777. The molecule has 1 aromatic carbocycles. The van der Waals surface area contributed by atoms with Crippen molar-refractivity contribution in [3.63, 3.8) is 0 Å². The highest BCUT2D eigenvalue weighted by atomic mass is 16.5. The van der Waals surface area contributed by atoms with Gasteiger partial charge in [-0.2, -0.15) is 0 Å². The molecule has 1 heterocycles. The predicted molar refractivity (Wildman–Crippen MR) is 91.8 cm³/mol. The molecule has 25 heavy (non-hydrogen) atoms. The zero-order chi connectivity index (χ0) is 18.4. The first-order valence-corrected chi connectivity index (χ1v) is 7.76. The molecule has 7 heteroatoms. The Labute approximate surface area is 146 Å². The Hall–Kier alpha value is -2.96. The number of esters is 1. The van der Waals surface area contributed by atoms with Crippen molar-refractivity contribution in [3.05, 3.63) is 47.8 Å². The lowest BCUT2D eigenvalue weighted by atomic mass is 10.1. The van der Waals surface area contributed by atoms with Crippen LogP contribution < -0.4 is 14.8 Å². The summed E-state index contributed by atoms with van der Waals surface area (Å²) in [4.78, 5) is 24.0. The van der Waals surface area contributed by atoms with Crippen LogP contribution in [0.1, 0.15) is 29.0 Å². The summed E-state index contributed by atoms with van der Waals surface area (Å²) in [6.45, 7) is 1.45. The number of amides is 1. The normalized spacial score (nSPS) is 11.5. The minimum atomic E-state index is -0.547. The fraction of sp³-hybridized carbons (Fsp3) is 0.333. The number of hydrogen-bond acceptors (Lipinski definition) is 5. The monoisotopic (exact) mass is 346 g/mol. The average molecular weight is 346 g/mol. The smallest absolute Gasteiger partial charge is 0.355 e. The topological polar surface area (TPSA) is 78.8 Å². The SMILES string of the molecule is COc1ccc(OC)c([C@@H](C)NC(=O)COC(=O)c2cccn2C)c1. The highest BCUT2D eigenvalue weighted by Crippen LogP contribution is 2.29. The van der Waals surface area contributed by atoms with Crippen LogP contribution in [0.2, 0.25) is 0 Å². The summed E-state index contributed by atoms with van der Waals surface area (Å²) in [6.07, 6.45) is 1.73. The van der Waals surface area contributed by atoms with E-state index in [2.05, 4.69) is 5.32 Å². The van der Waals surface area contributed by atoms with Crippen molar-refractivity contribution in [2.45, 2.75) is 13.0 Å². The number of carbonyl (C=O) groups excluding carboxylic acids is 2. The number of carbonyl (C=O) groups is 2. The first kappa shape index (κ1) is 18.4. The van der Waals surface area contributed by atoms with Gasteiger partial charge < -0.3 is 24.1 Å². The number of rotatable bonds is 7. The van der Waals surface area contributed by atoms with Crippen LogP contribution in [-0.4, -0.2) is 37.3 Å². The van der Waals surface area contributed by atoms with Crippen molar-refractivity contribution < 1.29 is 23.8 Å². The Kier molecular flexibility index (Phi) is 6.05. The second kappa shape index (κ2) is 8.23. The summed E-state index contributed by atoms with van der Waals surface area (Å²) in [5.41, 5.74) is 1.15. The largest absolute Gasteiger partial charge is 0.497 e. The lowest BCUT2D eigenvalue weighted by Crippen LogP contribution is -2.31. The average Bonchev–Trinajstić information content (AvgIpc) is 3.05. The van der Waals surface area contributed by atoms with E-state index in [0.717, 1.165) is 5.56 Å². The van der Waals surface area contributed by atoms with Gasteiger partial charge in [-0.05, 0) is 37.3 Å². The molecule has 2 aromatic rings. The van der Waals surface area contributed by atoms with E-state index in [1.54, 1.807) is 62.4 Å². The molecule has 1 atom stereocenters. The molecule has 0 radical (unpaired) electrons. The molecule has 2 rings (SSSR count). The van der Waals surface area contributed by atoms with Crippen LogP contribution in [-0.2, 0) is 16.6 Å². The molecular weight excluding hydrogens is 324 g/mol. The molecule has 0 aliphatic heterocycles. The van der Waals surface area contributed by atoms with Gasteiger partial charge in [-0.15, -0.1) is 0 Å². The molecule has 1 N–H and O–H groups in total. The molecule has 7 nitrogen and oxygen atoms in total. The van der Waals surface area contributed by atoms with Crippen LogP contribution in [0.5, 0.6) is 11.5 Å². The zero-order valence-electron chi connectivity index (χ0n) is 14.7. The molecule has 1 aromatic heterocycles. The van der Waals surface area contributed by atoms with Crippen LogP contribution in [0, 0.1) is 0 Å². The maximum absolute atomic E-state index is 12.1.